The highest BCUT2D eigenvalue weighted by Crippen LogP contribution is 2.53. The van der Waals surface area contributed by atoms with Gasteiger partial charge in [-0.2, -0.15) is 52.7 Å². The molecule has 27 heavy (non-hydrogen) atoms. The van der Waals surface area contributed by atoms with Crippen LogP contribution < -0.4 is 0 Å². The minimum absolute atomic E-state index is 0.337. The standard InChI is InChI=1S/C12H12F14O/c1-7(3-13,5(9(15,16)17)10(18,19)20)27-8(2,4-14)6(11(21,22)23)12(24,25)26/h5-6H,3-4H2,1-2H3. The third kappa shape index (κ3) is 5.98. The molecule has 0 aromatic carbocycles. The highest BCUT2D eigenvalue weighted by Gasteiger charge is 2.71. The van der Waals surface area contributed by atoms with Crippen molar-refractivity contribution in [2.75, 3.05) is 13.3 Å². The Morgan fingerprint density at radius 2 is 0.704 bits per heavy atom. The molecule has 0 aromatic heterocycles. The third-order valence-corrected chi connectivity index (χ3v) is 3.53. The number of ether oxygens (including phenoxy) is 1. The van der Waals surface area contributed by atoms with Gasteiger partial charge in [-0.05, 0) is 13.8 Å². The van der Waals surface area contributed by atoms with Crippen LogP contribution in [0.5, 0.6) is 0 Å². The Bertz CT molecular complexity index is 416. The number of rotatable bonds is 6. The summed E-state index contributed by atoms with van der Waals surface area (Å²) in [7, 11) is 0. The van der Waals surface area contributed by atoms with Crippen molar-refractivity contribution in [3.8, 4) is 0 Å². The van der Waals surface area contributed by atoms with E-state index in [1.165, 1.54) is 0 Å². The van der Waals surface area contributed by atoms with E-state index < -0.39 is 61.1 Å². The van der Waals surface area contributed by atoms with E-state index in [2.05, 4.69) is 4.74 Å². The van der Waals surface area contributed by atoms with Gasteiger partial charge in [-0.1, -0.05) is 0 Å². The zero-order valence-electron chi connectivity index (χ0n) is 13.3. The van der Waals surface area contributed by atoms with Crippen molar-refractivity contribution in [3.63, 3.8) is 0 Å². The van der Waals surface area contributed by atoms with Crippen molar-refractivity contribution in [1.82, 2.24) is 0 Å². The Morgan fingerprint density at radius 1 is 0.519 bits per heavy atom. The van der Waals surface area contributed by atoms with Crippen LogP contribution >= 0.6 is 0 Å². The van der Waals surface area contributed by atoms with E-state index in [-0.39, 0.29) is 13.8 Å². The van der Waals surface area contributed by atoms with Crippen LogP contribution in [0.1, 0.15) is 13.8 Å². The Labute approximate surface area is 142 Å². The Hall–Kier alpha value is -1.02. The topological polar surface area (TPSA) is 9.23 Å². The van der Waals surface area contributed by atoms with E-state index in [1.54, 1.807) is 0 Å². The zero-order chi connectivity index (χ0) is 22.3. The van der Waals surface area contributed by atoms with Gasteiger partial charge in [0.2, 0.25) is 0 Å². The summed E-state index contributed by atoms with van der Waals surface area (Å²) >= 11 is 0. The molecule has 0 rings (SSSR count). The van der Waals surface area contributed by atoms with Crippen molar-refractivity contribution in [1.29, 1.82) is 0 Å². The Kier molecular flexibility index (Phi) is 7.15. The molecule has 0 spiro atoms. The van der Waals surface area contributed by atoms with Crippen molar-refractivity contribution in [3.05, 3.63) is 0 Å². The number of hydrogen-bond acceptors (Lipinski definition) is 1. The summed E-state index contributed by atoms with van der Waals surface area (Å²) in [4.78, 5) is 0. The molecule has 0 radical (unpaired) electrons. The first-order valence-corrected chi connectivity index (χ1v) is 6.65. The second kappa shape index (κ2) is 7.43. The van der Waals surface area contributed by atoms with Crippen LogP contribution in [-0.4, -0.2) is 49.3 Å². The van der Waals surface area contributed by atoms with E-state index in [9.17, 15) is 61.5 Å². The van der Waals surface area contributed by atoms with Gasteiger partial charge >= 0.3 is 24.7 Å². The maximum Gasteiger partial charge on any atom is 0.403 e. The van der Waals surface area contributed by atoms with Gasteiger partial charge in [0.05, 0.1) is 0 Å². The van der Waals surface area contributed by atoms with E-state index in [4.69, 9.17) is 0 Å². The van der Waals surface area contributed by atoms with Crippen LogP contribution in [-0.2, 0) is 4.74 Å². The molecule has 2 unspecified atom stereocenters. The first kappa shape index (κ1) is 26.0. The molecule has 0 aliphatic rings. The van der Waals surface area contributed by atoms with Crippen LogP contribution in [0.4, 0.5) is 61.5 Å². The van der Waals surface area contributed by atoms with Gasteiger partial charge in [-0.3, -0.25) is 0 Å². The van der Waals surface area contributed by atoms with E-state index in [0.717, 1.165) is 0 Å². The molecular formula is C12H12F14O. The second-order valence-corrected chi connectivity index (χ2v) is 6.03. The molecule has 0 bridgehead atoms. The minimum atomic E-state index is -6.37. The summed E-state index contributed by atoms with van der Waals surface area (Å²) in [5, 5.41) is 0. The average Bonchev–Trinajstić information content (AvgIpc) is 2.30. The maximum absolute atomic E-state index is 13.1. The summed E-state index contributed by atoms with van der Waals surface area (Å²) in [6.45, 7) is -6.30. The fourth-order valence-corrected chi connectivity index (χ4v) is 2.62. The predicted octanol–water partition coefficient (Wildman–Crippen LogP) is 5.94. The van der Waals surface area contributed by atoms with Gasteiger partial charge in [0.1, 0.15) is 24.6 Å². The first-order valence-electron chi connectivity index (χ1n) is 6.65. The van der Waals surface area contributed by atoms with Gasteiger partial charge in [0.15, 0.2) is 11.8 Å². The van der Waals surface area contributed by atoms with Gasteiger partial charge in [0, 0.05) is 0 Å². The van der Waals surface area contributed by atoms with Crippen LogP contribution in [0.2, 0.25) is 0 Å². The smallest absolute Gasteiger partial charge is 0.362 e. The molecule has 0 fully saturated rings. The second-order valence-electron chi connectivity index (χ2n) is 6.03. The summed E-state index contributed by atoms with van der Waals surface area (Å²) in [6, 6.07) is 0. The molecule has 1 nitrogen and oxygen atoms in total. The molecular weight excluding hydrogens is 426 g/mol. The molecule has 0 saturated carbocycles. The first-order chi connectivity index (χ1) is 11.6. The third-order valence-electron chi connectivity index (χ3n) is 3.53. The Balaban J connectivity index is 6.46. The molecule has 0 N–H and O–H groups in total. The lowest BCUT2D eigenvalue weighted by Gasteiger charge is -2.46. The lowest BCUT2D eigenvalue weighted by Crippen LogP contribution is -2.63. The quantitative estimate of drug-likeness (QED) is 0.467. The fraction of sp³-hybridized carbons (Fsp3) is 1.00. The zero-order valence-corrected chi connectivity index (χ0v) is 13.3. The molecule has 0 heterocycles. The van der Waals surface area contributed by atoms with Gasteiger partial charge < -0.3 is 4.74 Å². The number of halogens is 14. The van der Waals surface area contributed by atoms with Crippen LogP contribution in [0, 0.1) is 11.8 Å². The minimum Gasteiger partial charge on any atom is -0.362 e. The van der Waals surface area contributed by atoms with Crippen LogP contribution in [0.3, 0.4) is 0 Å². The van der Waals surface area contributed by atoms with E-state index in [0.29, 0.717) is 0 Å². The number of alkyl halides is 14. The van der Waals surface area contributed by atoms with Gasteiger partial charge in [-0.15, -0.1) is 0 Å². The number of hydrogen-bond donors (Lipinski definition) is 0. The molecule has 0 aromatic rings. The fourth-order valence-electron chi connectivity index (χ4n) is 2.62. The Morgan fingerprint density at radius 3 is 0.815 bits per heavy atom. The maximum atomic E-state index is 13.1. The largest absolute Gasteiger partial charge is 0.403 e. The van der Waals surface area contributed by atoms with Gasteiger partial charge in [-0.25, -0.2) is 8.78 Å². The molecule has 0 aliphatic heterocycles. The highest BCUT2D eigenvalue weighted by atomic mass is 19.4. The molecule has 164 valence electrons. The lowest BCUT2D eigenvalue weighted by molar-refractivity contribution is -0.379. The summed E-state index contributed by atoms with van der Waals surface area (Å²) in [5.74, 6) is -9.65. The molecule has 0 aliphatic carbocycles. The average molecular weight is 438 g/mol. The monoisotopic (exact) mass is 438 g/mol. The van der Waals surface area contributed by atoms with E-state index >= 15 is 0 Å². The summed E-state index contributed by atoms with van der Waals surface area (Å²) in [5.41, 5.74) is -8.65. The summed E-state index contributed by atoms with van der Waals surface area (Å²) in [6.07, 6.45) is -25.5. The molecule has 15 heteroatoms. The molecule has 0 saturated heterocycles. The lowest BCUT2D eigenvalue weighted by atomic mass is 9.83. The van der Waals surface area contributed by atoms with Crippen molar-refractivity contribution >= 4 is 0 Å². The van der Waals surface area contributed by atoms with Gasteiger partial charge in [0.25, 0.3) is 0 Å². The molecule has 2 atom stereocenters. The van der Waals surface area contributed by atoms with Crippen molar-refractivity contribution < 1.29 is 66.2 Å². The molecule has 0 amide bonds. The van der Waals surface area contributed by atoms with Crippen molar-refractivity contribution in [2.24, 2.45) is 11.8 Å². The predicted molar refractivity (Wildman–Crippen MR) is 61.0 cm³/mol. The summed E-state index contributed by atoms with van der Waals surface area (Å²) < 4.78 is 183. The van der Waals surface area contributed by atoms with Crippen LogP contribution in [0.15, 0.2) is 0 Å². The van der Waals surface area contributed by atoms with Crippen LogP contribution in [0.25, 0.3) is 0 Å². The SMILES string of the molecule is CC(CF)(OC(C)(CF)C(C(F)(F)F)C(F)(F)F)C(C(F)(F)F)C(F)(F)F. The van der Waals surface area contributed by atoms with E-state index in [1.807, 2.05) is 0 Å². The highest BCUT2D eigenvalue weighted by molar-refractivity contribution is 5.00. The van der Waals surface area contributed by atoms with Crippen molar-refractivity contribution in [2.45, 2.75) is 49.8 Å². The normalized spacial score (nSPS) is 19.3.